The highest BCUT2D eigenvalue weighted by Gasteiger charge is 2.17. The molecule has 0 bridgehead atoms. The first kappa shape index (κ1) is 9.39. The third-order valence-corrected chi connectivity index (χ3v) is 7.60. The molecule has 3 heteroatoms. The van der Waals surface area contributed by atoms with Gasteiger partial charge in [0.05, 0.1) is 0 Å². The van der Waals surface area contributed by atoms with Crippen molar-refractivity contribution in [2.75, 3.05) is 0 Å². The molecule has 0 heterocycles. The molecule has 0 aliphatic carbocycles. The van der Waals surface area contributed by atoms with Crippen molar-refractivity contribution in [2.45, 2.75) is 39.0 Å². The molecular formula is C6H18OSi2. The van der Waals surface area contributed by atoms with E-state index in [4.69, 9.17) is 4.12 Å². The lowest BCUT2D eigenvalue weighted by molar-refractivity contribution is 0.587. The van der Waals surface area contributed by atoms with Gasteiger partial charge in [-0.25, -0.2) is 0 Å². The zero-order valence-electron chi connectivity index (χ0n) is 7.03. The van der Waals surface area contributed by atoms with Crippen LogP contribution in [0.25, 0.3) is 0 Å². The lowest BCUT2D eigenvalue weighted by Crippen LogP contribution is -2.30. The first-order valence-electron chi connectivity index (χ1n) is 3.76. The summed E-state index contributed by atoms with van der Waals surface area (Å²) in [6.45, 7) is 9.05. The minimum Gasteiger partial charge on any atom is -0.460 e. The Bertz CT molecular complexity index is 73.5. The zero-order chi connectivity index (χ0) is 7.33. The molecule has 0 rings (SSSR count). The molecule has 1 nitrogen and oxygen atoms in total. The van der Waals surface area contributed by atoms with Crippen molar-refractivity contribution < 1.29 is 4.12 Å². The maximum absolute atomic E-state index is 5.81. The summed E-state index contributed by atoms with van der Waals surface area (Å²) in [7, 11) is -1.27. The van der Waals surface area contributed by atoms with E-state index in [0.29, 0.717) is 0 Å². The minimum atomic E-state index is -1.14. The van der Waals surface area contributed by atoms with Crippen molar-refractivity contribution in [3.05, 3.63) is 0 Å². The van der Waals surface area contributed by atoms with Gasteiger partial charge < -0.3 is 4.12 Å². The summed E-state index contributed by atoms with van der Waals surface area (Å²) in [5.74, 6) is 0. The summed E-state index contributed by atoms with van der Waals surface area (Å²) in [6.07, 6.45) is 0. The Morgan fingerprint density at radius 2 is 1.89 bits per heavy atom. The maximum atomic E-state index is 5.81. The Kier molecular flexibility index (Phi) is 4.43. The fourth-order valence-corrected chi connectivity index (χ4v) is 4.32. The largest absolute Gasteiger partial charge is 0.460 e. The quantitative estimate of drug-likeness (QED) is 0.572. The second-order valence-corrected chi connectivity index (χ2v) is 9.75. The van der Waals surface area contributed by atoms with Crippen molar-refractivity contribution in [3.8, 4) is 0 Å². The van der Waals surface area contributed by atoms with Gasteiger partial charge in [0.2, 0.25) is 0 Å². The third kappa shape index (κ3) is 4.87. The van der Waals surface area contributed by atoms with Gasteiger partial charge in [-0.05, 0) is 25.2 Å². The predicted molar refractivity (Wildman–Crippen MR) is 48.1 cm³/mol. The molecule has 56 valence electrons. The molecule has 0 unspecified atom stereocenters. The van der Waals surface area contributed by atoms with Crippen LogP contribution in [-0.2, 0) is 4.12 Å². The van der Waals surface area contributed by atoms with Gasteiger partial charge in [-0.1, -0.05) is 13.8 Å². The second-order valence-electron chi connectivity index (χ2n) is 2.96. The van der Waals surface area contributed by atoms with Gasteiger partial charge >= 0.3 is 0 Å². The van der Waals surface area contributed by atoms with Crippen LogP contribution in [0.1, 0.15) is 13.8 Å². The van der Waals surface area contributed by atoms with Crippen molar-refractivity contribution >= 4 is 18.1 Å². The molecule has 0 saturated carbocycles. The smallest absolute Gasteiger partial charge is 0.172 e. The summed E-state index contributed by atoms with van der Waals surface area (Å²) in [6, 6.07) is 2.55. The van der Waals surface area contributed by atoms with Crippen LogP contribution < -0.4 is 0 Å². The molecule has 0 amide bonds. The molecule has 0 aromatic rings. The lowest BCUT2D eigenvalue weighted by Gasteiger charge is -2.20. The zero-order valence-corrected chi connectivity index (χ0v) is 9.44. The maximum Gasteiger partial charge on any atom is 0.172 e. The highest BCUT2D eigenvalue weighted by molar-refractivity contribution is 6.75. The topological polar surface area (TPSA) is 9.23 Å². The van der Waals surface area contributed by atoms with E-state index in [1.165, 1.54) is 12.1 Å². The SMILES string of the molecule is CC[SiH2]O[Si](C)(C)CC. The summed E-state index contributed by atoms with van der Waals surface area (Å²) < 4.78 is 5.81. The first-order valence-corrected chi connectivity index (χ1v) is 8.45. The van der Waals surface area contributed by atoms with Crippen LogP contribution in [0.5, 0.6) is 0 Å². The molecule has 0 aliphatic heterocycles. The summed E-state index contributed by atoms with van der Waals surface area (Å²) in [5, 5.41) is 0. The third-order valence-electron chi connectivity index (χ3n) is 1.55. The Hall–Kier alpha value is 0.394. The van der Waals surface area contributed by atoms with Gasteiger partial charge in [-0.15, -0.1) is 0 Å². The van der Waals surface area contributed by atoms with Gasteiger partial charge in [0.15, 0.2) is 8.32 Å². The molecule has 0 aliphatic rings. The predicted octanol–water partition coefficient (Wildman–Crippen LogP) is 1.75. The van der Waals surface area contributed by atoms with Gasteiger partial charge in [0.1, 0.15) is 9.76 Å². The molecule has 0 spiro atoms. The lowest BCUT2D eigenvalue weighted by atomic mass is 11.0. The first-order chi connectivity index (χ1) is 4.12. The van der Waals surface area contributed by atoms with Gasteiger partial charge in [0, 0.05) is 0 Å². The fourth-order valence-electron chi connectivity index (χ4n) is 0.480. The molecule has 0 aromatic heterocycles. The summed E-state index contributed by atoms with van der Waals surface area (Å²) >= 11 is 0. The van der Waals surface area contributed by atoms with E-state index in [-0.39, 0.29) is 9.76 Å². The van der Waals surface area contributed by atoms with Crippen LogP contribution >= 0.6 is 0 Å². The van der Waals surface area contributed by atoms with E-state index in [0.717, 1.165) is 0 Å². The Morgan fingerprint density at radius 1 is 1.33 bits per heavy atom. The molecule has 0 N–H and O–H groups in total. The molecule has 0 atom stereocenters. The van der Waals surface area contributed by atoms with Gasteiger partial charge in [-0.2, -0.15) is 0 Å². The molecule has 9 heavy (non-hydrogen) atoms. The van der Waals surface area contributed by atoms with E-state index in [2.05, 4.69) is 26.9 Å². The van der Waals surface area contributed by atoms with Crippen molar-refractivity contribution in [2.24, 2.45) is 0 Å². The molecule has 0 radical (unpaired) electrons. The number of hydrogen-bond donors (Lipinski definition) is 0. The van der Waals surface area contributed by atoms with Crippen molar-refractivity contribution in [1.82, 2.24) is 0 Å². The average Bonchev–Trinajstić information content (AvgIpc) is 1.84. The van der Waals surface area contributed by atoms with Gasteiger partial charge in [0.25, 0.3) is 0 Å². The van der Waals surface area contributed by atoms with Crippen LogP contribution in [0.4, 0.5) is 0 Å². The minimum absolute atomic E-state index is 0.132. The molecule has 0 aromatic carbocycles. The number of hydrogen-bond acceptors (Lipinski definition) is 1. The standard InChI is InChI=1S/C6H18OSi2/c1-5-8-7-9(3,4)6-2/h5-6,8H2,1-4H3. The fraction of sp³-hybridized carbons (Fsp3) is 1.00. The van der Waals surface area contributed by atoms with E-state index < -0.39 is 8.32 Å². The molecule has 0 saturated heterocycles. The average molecular weight is 162 g/mol. The monoisotopic (exact) mass is 162 g/mol. The van der Waals surface area contributed by atoms with Gasteiger partial charge in [-0.3, -0.25) is 0 Å². The number of rotatable bonds is 4. The van der Waals surface area contributed by atoms with Crippen LogP contribution in [0, 0.1) is 0 Å². The Morgan fingerprint density at radius 3 is 2.22 bits per heavy atom. The van der Waals surface area contributed by atoms with E-state index in [9.17, 15) is 0 Å². The summed E-state index contributed by atoms with van der Waals surface area (Å²) in [4.78, 5) is 0. The van der Waals surface area contributed by atoms with E-state index >= 15 is 0 Å². The molecular weight excluding hydrogens is 144 g/mol. The second kappa shape index (κ2) is 4.25. The van der Waals surface area contributed by atoms with Crippen LogP contribution in [0.2, 0.25) is 25.2 Å². The van der Waals surface area contributed by atoms with Crippen molar-refractivity contribution in [1.29, 1.82) is 0 Å². The highest BCUT2D eigenvalue weighted by atomic mass is 28.4. The molecule has 0 fully saturated rings. The van der Waals surface area contributed by atoms with Crippen LogP contribution in [0.15, 0.2) is 0 Å². The van der Waals surface area contributed by atoms with Crippen molar-refractivity contribution in [3.63, 3.8) is 0 Å². The summed E-state index contributed by atoms with van der Waals surface area (Å²) in [5.41, 5.74) is 0. The van der Waals surface area contributed by atoms with Crippen LogP contribution in [-0.4, -0.2) is 18.1 Å². The normalized spacial score (nSPS) is 13.3. The van der Waals surface area contributed by atoms with Crippen LogP contribution in [0.3, 0.4) is 0 Å². The Labute approximate surface area is 61.9 Å². The van der Waals surface area contributed by atoms with E-state index in [1.54, 1.807) is 0 Å². The Balaban J connectivity index is 3.33. The van der Waals surface area contributed by atoms with E-state index in [1.807, 2.05) is 0 Å². The highest BCUT2D eigenvalue weighted by Crippen LogP contribution is 2.08.